The number of likely N-dealkylation sites (tertiary alicyclic amines) is 1. The summed E-state index contributed by atoms with van der Waals surface area (Å²) >= 11 is 0. The van der Waals surface area contributed by atoms with Gasteiger partial charge in [0.05, 0.1) is 12.3 Å². The molecule has 3 aromatic heterocycles. The van der Waals surface area contributed by atoms with E-state index in [-0.39, 0.29) is 18.4 Å². The normalized spacial score (nSPS) is 14.6. The quantitative estimate of drug-likeness (QED) is 0.481. The van der Waals surface area contributed by atoms with Crippen LogP contribution in [0.4, 0.5) is 10.6 Å². The van der Waals surface area contributed by atoms with Gasteiger partial charge in [-0.1, -0.05) is 0 Å². The molecule has 0 radical (unpaired) electrons. The van der Waals surface area contributed by atoms with Crippen LogP contribution in [0.5, 0.6) is 0 Å². The summed E-state index contributed by atoms with van der Waals surface area (Å²) in [5.41, 5.74) is 1.97. The van der Waals surface area contributed by atoms with Crippen LogP contribution in [0.3, 0.4) is 0 Å². The molecular formula is C26H34N6O4. The number of nitrogens with one attached hydrogen (secondary N) is 1. The largest absolute Gasteiger partial charge is 0.461 e. The van der Waals surface area contributed by atoms with E-state index in [1.165, 1.54) is 0 Å². The molecule has 1 fully saturated rings. The molecule has 1 aliphatic heterocycles. The number of amides is 1. The van der Waals surface area contributed by atoms with Gasteiger partial charge < -0.3 is 24.1 Å². The van der Waals surface area contributed by atoms with Crippen LogP contribution in [0, 0.1) is 5.92 Å². The van der Waals surface area contributed by atoms with Crippen molar-refractivity contribution in [1.29, 1.82) is 0 Å². The fourth-order valence-corrected chi connectivity index (χ4v) is 4.21. The van der Waals surface area contributed by atoms with Gasteiger partial charge in [0.25, 0.3) is 0 Å². The van der Waals surface area contributed by atoms with Crippen LogP contribution in [0.1, 0.15) is 57.4 Å². The van der Waals surface area contributed by atoms with E-state index in [0.29, 0.717) is 37.0 Å². The zero-order valence-electron chi connectivity index (χ0n) is 21.4. The molecule has 0 bridgehead atoms. The van der Waals surface area contributed by atoms with Crippen molar-refractivity contribution in [1.82, 2.24) is 24.3 Å². The van der Waals surface area contributed by atoms with Crippen LogP contribution < -0.4 is 5.32 Å². The van der Waals surface area contributed by atoms with Crippen LogP contribution in [0.15, 0.2) is 36.9 Å². The first-order valence-electron chi connectivity index (χ1n) is 12.4. The van der Waals surface area contributed by atoms with Gasteiger partial charge in [0, 0.05) is 50.0 Å². The number of esters is 1. The maximum atomic E-state index is 12.3. The lowest BCUT2D eigenvalue weighted by molar-refractivity contribution is 0.0182. The Bertz CT molecular complexity index is 1200. The third-order valence-electron chi connectivity index (χ3n) is 6.01. The van der Waals surface area contributed by atoms with E-state index in [9.17, 15) is 9.59 Å². The number of nitrogens with zero attached hydrogens (tertiary/aromatic N) is 5. The number of aromatic nitrogens is 4. The van der Waals surface area contributed by atoms with Gasteiger partial charge in [0.2, 0.25) is 0 Å². The monoisotopic (exact) mass is 494 g/mol. The molecule has 192 valence electrons. The van der Waals surface area contributed by atoms with Gasteiger partial charge in [-0.05, 0) is 65.0 Å². The van der Waals surface area contributed by atoms with Gasteiger partial charge >= 0.3 is 12.1 Å². The van der Waals surface area contributed by atoms with Gasteiger partial charge in [-0.15, -0.1) is 0 Å². The summed E-state index contributed by atoms with van der Waals surface area (Å²) in [6, 6.07) is 3.78. The van der Waals surface area contributed by atoms with E-state index in [4.69, 9.17) is 14.5 Å². The molecular weight excluding hydrogens is 460 g/mol. The summed E-state index contributed by atoms with van der Waals surface area (Å²) in [6.07, 6.45) is 9.49. The van der Waals surface area contributed by atoms with Crippen LogP contribution in [-0.2, 0) is 9.47 Å². The SMILES string of the molecule is CCOC(=O)c1cn2cc(-c3ccncc3)nc(NCCC3CCN(C(=O)OC(C)(C)C)CC3)c2n1. The maximum absolute atomic E-state index is 12.3. The predicted molar refractivity (Wildman–Crippen MR) is 136 cm³/mol. The van der Waals surface area contributed by atoms with Crippen LogP contribution in [-0.4, -0.2) is 68.2 Å². The Morgan fingerprint density at radius 1 is 1.11 bits per heavy atom. The highest BCUT2D eigenvalue weighted by molar-refractivity contribution is 5.89. The first kappa shape index (κ1) is 25.4. The fourth-order valence-electron chi connectivity index (χ4n) is 4.21. The second-order valence-electron chi connectivity index (χ2n) is 9.91. The number of anilines is 1. The summed E-state index contributed by atoms with van der Waals surface area (Å²) in [7, 11) is 0. The van der Waals surface area contributed by atoms with Crippen LogP contribution in [0.25, 0.3) is 16.9 Å². The third kappa shape index (κ3) is 6.30. The smallest absolute Gasteiger partial charge is 0.410 e. The maximum Gasteiger partial charge on any atom is 0.410 e. The lowest BCUT2D eigenvalue weighted by Crippen LogP contribution is -2.41. The fraction of sp³-hybridized carbons (Fsp3) is 0.500. The summed E-state index contributed by atoms with van der Waals surface area (Å²) in [6.45, 7) is 9.79. The number of hydrogen-bond acceptors (Lipinski definition) is 8. The molecule has 10 heteroatoms. The summed E-state index contributed by atoms with van der Waals surface area (Å²) < 4.78 is 12.4. The Kier molecular flexibility index (Phi) is 7.71. The van der Waals surface area contributed by atoms with Crippen LogP contribution >= 0.6 is 0 Å². The van der Waals surface area contributed by atoms with Gasteiger partial charge in [0.1, 0.15) is 5.60 Å². The first-order chi connectivity index (χ1) is 17.2. The number of imidazole rings is 1. The Balaban J connectivity index is 1.43. The molecule has 3 aromatic rings. The zero-order chi connectivity index (χ0) is 25.7. The number of ether oxygens (including phenoxy) is 2. The minimum atomic E-state index is -0.485. The number of carbonyl (C=O) groups excluding carboxylic acids is 2. The van der Waals surface area contributed by atoms with Gasteiger partial charge in [-0.25, -0.2) is 19.6 Å². The zero-order valence-corrected chi connectivity index (χ0v) is 21.4. The number of fused-ring (bicyclic) bond motifs is 1. The molecule has 10 nitrogen and oxygen atoms in total. The van der Waals surface area contributed by atoms with Gasteiger partial charge in [-0.2, -0.15) is 0 Å². The minimum Gasteiger partial charge on any atom is -0.461 e. The number of pyridine rings is 1. The van der Waals surface area contributed by atoms with E-state index in [0.717, 1.165) is 30.5 Å². The molecule has 0 atom stereocenters. The van der Waals surface area contributed by atoms with Crippen molar-refractivity contribution in [3.05, 3.63) is 42.6 Å². The highest BCUT2D eigenvalue weighted by atomic mass is 16.6. The lowest BCUT2D eigenvalue weighted by atomic mass is 9.94. The molecule has 1 aliphatic rings. The van der Waals surface area contributed by atoms with E-state index >= 15 is 0 Å². The van der Waals surface area contributed by atoms with Gasteiger partial charge in [-0.3, -0.25) is 4.98 Å². The molecule has 1 N–H and O–H groups in total. The number of carbonyl (C=O) groups is 2. The molecule has 1 amide bonds. The number of hydrogen-bond donors (Lipinski definition) is 1. The molecule has 36 heavy (non-hydrogen) atoms. The lowest BCUT2D eigenvalue weighted by Gasteiger charge is -2.33. The molecule has 4 heterocycles. The summed E-state index contributed by atoms with van der Waals surface area (Å²) in [4.78, 5) is 39.7. The average molecular weight is 495 g/mol. The van der Waals surface area contributed by atoms with E-state index in [1.54, 1.807) is 34.8 Å². The second kappa shape index (κ2) is 10.9. The minimum absolute atomic E-state index is 0.239. The molecule has 0 spiro atoms. The number of rotatable bonds is 7. The van der Waals surface area contributed by atoms with Crippen molar-refractivity contribution in [2.24, 2.45) is 5.92 Å². The topological polar surface area (TPSA) is 111 Å². The predicted octanol–water partition coefficient (Wildman–Crippen LogP) is 4.42. The summed E-state index contributed by atoms with van der Waals surface area (Å²) in [5, 5.41) is 3.43. The highest BCUT2D eigenvalue weighted by Gasteiger charge is 2.26. The van der Waals surface area contributed by atoms with Crippen molar-refractivity contribution in [3.8, 4) is 11.3 Å². The van der Waals surface area contributed by atoms with E-state index in [2.05, 4.69) is 15.3 Å². The Morgan fingerprint density at radius 2 is 1.83 bits per heavy atom. The molecule has 1 saturated heterocycles. The molecule has 4 rings (SSSR count). The summed E-state index contributed by atoms with van der Waals surface area (Å²) in [5.74, 6) is 0.630. The highest BCUT2D eigenvalue weighted by Crippen LogP contribution is 2.25. The van der Waals surface area contributed by atoms with Crippen molar-refractivity contribution in [2.45, 2.75) is 52.6 Å². The molecule has 0 aromatic carbocycles. The Hall–Kier alpha value is -3.69. The second-order valence-corrected chi connectivity index (χ2v) is 9.91. The standard InChI is InChI=1S/C26H34N6O4/c1-5-35-24(33)21-17-32-16-20(19-7-11-27-12-8-19)29-22(23(32)30-21)28-13-6-18-9-14-31(15-10-18)25(34)36-26(2,3)4/h7-8,11-12,16-18H,5-6,9-10,13-15H2,1-4H3,(H,28,29). The van der Waals surface area contributed by atoms with E-state index < -0.39 is 11.6 Å². The molecule has 0 unspecified atom stereocenters. The van der Waals surface area contributed by atoms with Crippen molar-refractivity contribution in [3.63, 3.8) is 0 Å². The Labute approximate surface area is 211 Å². The van der Waals surface area contributed by atoms with Crippen molar-refractivity contribution < 1.29 is 19.1 Å². The third-order valence-corrected chi connectivity index (χ3v) is 6.01. The average Bonchev–Trinajstić information content (AvgIpc) is 3.29. The van der Waals surface area contributed by atoms with Crippen molar-refractivity contribution >= 4 is 23.5 Å². The first-order valence-corrected chi connectivity index (χ1v) is 12.4. The van der Waals surface area contributed by atoms with Crippen molar-refractivity contribution in [2.75, 3.05) is 31.6 Å². The van der Waals surface area contributed by atoms with Gasteiger partial charge in [0.15, 0.2) is 17.2 Å². The Morgan fingerprint density at radius 3 is 2.50 bits per heavy atom. The van der Waals surface area contributed by atoms with Crippen LogP contribution in [0.2, 0.25) is 0 Å². The molecule has 0 aliphatic carbocycles. The number of piperidine rings is 1. The molecule has 0 saturated carbocycles. The van der Waals surface area contributed by atoms with E-state index in [1.807, 2.05) is 39.1 Å².